The molecule has 0 unspecified atom stereocenters. The highest BCUT2D eigenvalue weighted by Crippen LogP contribution is 2.30. The molecule has 0 aliphatic rings. The first kappa shape index (κ1) is 20.5. The Morgan fingerprint density at radius 1 is 1.11 bits per heavy atom. The van der Waals surface area contributed by atoms with Crippen molar-refractivity contribution in [2.75, 3.05) is 11.9 Å². The van der Waals surface area contributed by atoms with Gasteiger partial charge in [-0.05, 0) is 54.0 Å². The molecule has 1 heterocycles. The van der Waals surface area contributed by atoms with Gasteiger partial charge in [0.2, 0.25) is 5.91 Å². The molecule has 0 fully saturated rings. The van der Waals surface area contributed by atoms with E-state index in [9.17, 15) is 18.0 Å². The van der Waals surface area contributed by atoms with Gasteiger partial charge >= 0.3 is 6.18 Å². The van der Waals surface area contributed by atoms with Crippen molar-refractivity contribution in [3.8, 4) is 0 Å². The van der Waals surface area contributed by atoms with E-state index >= 15 is 0 Å². The SMILES string of the molecule is CC(C)[C@H](CNC(=O)/C=C/c1ccncc1)Nc1ccc(C(F)(F)F)cc1. The van der Waals surface area contributed by atoms with Gasteiger partial charge in [-0.1, -0.05) is 13.8 Å². The number of carbonyl (C=O) groups excluding carboxylic acids is 1. The van der Waals surface area contributed by atoms with Crippen molar-refractivity contribution in [3.05, 3.63) is 66.0 Å². The molecule has 0 saturated carbocycles. The maximum absolute atomic E-state index is 12.6. The van der Waals surface area contributed by atoms with Crippen LogP contribution in [0.5, 0.6) is 0 Å². The molecule has 2 N–H and O–H groups in total. The second-order valence-corrected chi connectivity index (χ2v) is 6.43. The van der Waals surface area contributed by atoms with Crippen molar-refractivity contribution in [2.45, 2.75) is 26.1 Å². The third kappa shape index (κ3) is 6.77. The molecule has 0 aliphatic carbocycles. The Morgan fingerprint density at radius 3 is 2.30 bits per heavy atom. The molecular weight excluding hydrogens is 355 g/mol. The van der Waals surface area contributed by atoms with Crippen LogP contribution >= 0.6 is 0 Å². The fourth-order valence-corrected chi connectivity index (χ4v) is 2.34. The first-order chi connectivity index (χ1) is 12.8. The molecule has 7 heteroatoms. The van der Waals surface area contributed by atoms with Crippen molar-refractivity contribution >= 4 is 17.7 Å². The Bertz CT molecular complexity index is 756. The van der Waals surface area contributed by atoms with Crippen LogP contribution in [0.2, 0.25) is 0 Å². The van der Waals surface area contributed by atoms with Gasteiger partial charge in [-0.3, -0.25) is 9.78 Å². The molecule has 0 bridgehead atoms. The number of anilines is 1. The predicted molar refractivity (Wildman–Crippen MR) is 100.0 cm³/mol. The van der Waals surface area contributed by atoms with E-state index in [-0.39, 0.29) is 17.9 Å². The van der Waals surface area contributed by atoms with Gasteiger partial charge in [-0.2, -0.15) is 13.2 Å². The lowest BCUT2D eigenvalue weighted by Crippen LogP contribution is -2.39. The number of pyridine rings is 1. The number of nitrogens with zero attached hydrogens (tertiary/aromatic N) is 1. The molecular formula is C20H22F3N3O. The van der Waals surface area contributed by atoms with Crippen molar-refractivity contribution in [1.82, 2.24) is 10.3 Å². The first-order valence-corrected chi connectivity index (χ1v) is 8.55. The number of aromatic nitrogens is 1. The van der Waals surface area contributed by atoms with E-state index in [1.54, 1.807) is 30.6 Å². The van der Waals surface area contributed by atoms with E-state index in [4.69, 9.17) is 0 Å². The minimum Gasteiger partial charge on any atom is -0.380 e. The molecule has 0 spiro atoms. The fraction of sp³-hybridized carbons (Fsp3) is 0.300. The van der Waals surface area contributed by atoms with Gasteiger partial charge in [0.05, 0.1) is 5.56 Å². The standard InChI is InChI=1S/C20H22F3N3O/c1-14(2)18(26-17-6-4-16(5-7-17)20(21,22)23)13-25-19(27)8-3-15-9-11-24-12-10-15/h3-12,14,18,26H,13H2,1-2H3,(H,25,27)/b8-3+/t18-/m0/s1. The molecule has 1 aromatic heterocycles. The fourth-order valence-electron chi connectivity index (χ4n) is 2.34. The monoisotopic (exact) mass is 377 g/mol. The van der Waals surface area contributed by atoms with Gasteiger partial charge in [0.15, 0.2) is 0 Å². The summed E-state index contributed by atoms with van der Waals surface area (Å²) in [5.41, 5.74) is 0.746. The lowest BCUT2D eigenvalue weighted by Gasteiger charge is -2.24. The largest absolute Gasteiger partial charge is 0.416 e. The Balaban J connectivity index is 1.91. The predicted octanol–water partition coefficient (Wildman–Crippen LogP) is 4.37. The van der Waals surface area contributed by atoms with Crippen LogP contribution in [0.25, 0.3) is 6.08 Å². The van der Waals surface area contributed by atoms with Crippen LogP contribution in [0.3, 0.4) is 0 Å². The second-order valence-electron chi connectivity index (χ2n) is 6.43. The summed E-state index contributed by atoms with van der Waals surface area (Å²) in [6, 6.07) is 8.30. The van der Waals surface area contributed by atoms with Crippen LogP contribution in [0.4, 0.5) is 18.9 Å². The molecule has 1 amide bonds. The molecule has 144 valence electrons. The number of rotatable bonds is 7. The van der Waals surface area contributed by atoms with E-state index < -0.39 is 11.7 Å². The molecule has 4 nitrogen and oxygen atoms in total. The molecule has 0 radical (unpaired) electrons. The molecule has 1 aromatic carbocycles. The van der Waals surface area contributed by atoms with Crippen molar-refractivity contribution in [3.63, 3.8) is 0 Å². The van der Waals surface area contributed by atoms with Gasteiger partial charge in [-0.15, -0.1) is 0 Å². The summed E-state index contributed by atoms with van der Waals surface area (Å²) in [6.07, 6.45) is 2.04. The van der Waals surface area contributed by atoms with Gasteiger partial charge in [0, 0.05) is 36.7 Å². The summed E-state index contributed by atoms with van der Waals surface area (Å²) in [6.45, 7) is 4.29. The Morgan fingerprint density at radius 2 is 1.74 bits per heavy atom. The highest BCUT2D eigenvalue weighted by atomic mass is 19.4. The topological polar surface area (TPSA) is 54.0 Å². The number of amides is 1. The summed E-state index contributed by atoms with van der Waals surface area (Å²) in [4.78, 5) is 15.9. The van der Waals surface area contributed by atoms with Crippen LogP contribution in [0.1, 0.15) is 25.0 Å². The van der Waals surface area contributed by atoms with Crippen molar-refractivity contribution in [2.24, 2.45) is 5.92 Å². The zero-order valence-electron chi connectivity index (χ0n) is 15.1. The van der Waals surface area contributed by atoms with Gasteiger partial charge in [0.25, 0.3) is 0 Å². The summed E-state index contributed by atoms with van der Waals surface area (Å²) in [5, 5.41) is 5.98. The molecule has 0 saturated heterocycles. The van der Waals surface area contributed by atoms with Crippen LogP contribution in [-0.4, -0.2) is 23.5 Å². The van der Waals surface area contributed by atoms with Crippen molar-refractivity contribution in [1.29, 1.82) is 0 Å². The molecule has 0 aliphatic heterocycles. The number of benzene rings is 1. The summed E-state index contributed by atoms with van der Waals surface area (Å²) >= 11 is 0. The molecule has 27 heavy (non-hydrogen) atoms. The number of alkyl halides is 3. The Kier molecular flexibility index (Phi) is 6.98. The average molecular weight is 377 g/mol. The summed E-state index contributed by atoms with van der Waals surface area (Å²) < 4.78 is 37.9. The molecule has 1 atom stereocenters. The van der Waals surface area contributed by atoms with Crippen molar-refractivity contribution < 1.29 is 18.0 Å². The Hall–Kier alpha value is -2.83. The second kappa shape index (κ2) is 9.21. The highest BCUT2D eigenvalue weighted by Gasteiger charge is 2.30. The smallest absolute Gasteiger partial charge is 0.380 e. The number of hydrogen-bond acceptors (Lipinski definition) is 3. The van der Waals surface area contributed by atoms with Crippen LogP contribution in [0, 0.1) is 5.92 Å². The first-order valence-electron chi connectivity index (χ1n) is 8.55. The third-order valence-electron chi connectivity index (χ3n) is 4.00. The van der Waals surface area contributed by atoms with Gasteiger partial charge < -0.3 is 10.6 Å². The van der Waals surface area contributed by atoms with E-state index in [0.29, 0.717) is 12.2 Å². The Labute approximate surface area is 156 Å². The van der Waals surface area contributed by atoms with E-state index in [1.807, 2.05) is 13.8 Å². The van der Waals surface area contributed by atoms with Crippen LogP contribution in [-0.2, 0) is 11.0 Å². The quantitative estimate of drug-likeness (QED) is 0.705. The van der Waals surface area contributed by atoms with Gasteiger partial charge in [-0.25, -0.2) is 0 Å². The van der Waals surface area contributed by atoms with E-state index in [2.05, 4.69) is 15.6 Å². The van der Waals surface area contributed by atoms with Crippen LogP contribution in [0.15, 0.2) is 54.9 Å². The van der Waals surface area contributed by atoms with E-state index in [1.165, 1.54) is 18.2 Å². The van der Waals surface area contributed by atoms with E-state index in [0.717, 1.165) is 17.7 Å². The number of halogens is 3. The minimum absolute atomic E-state index is 0.125. The third-order valence-corrected chi connectivity index (χ3v) is 4.00. The minimum atomic E-state index is -4.36. The van der Waals surface area contributed by atoms with Gasteiger partial charge in [0.1, 0.15) is 0 Å². The zero-order valence-corrected chi connectivity index (χ0v) is 15.1. The maximum Gasteiger partial charge on any atom is 0.416 e. The number of carbonyl (C=O) groups is 1. The van der Waals surface area contributed by atoms with Crippen LogP contribution < -0.4 is 10.6 Å². The normalized spacial score (nSPS) is 13.0. The molecule has 2 aromatic rings. The number of nitrogens with one attached hydrogen (secondary N) is 2. The lowest BCUT2D eigenvalue weighted by atomic mass is 10.0. The zero-order chi connectivity index (χ0) is 19.9. The average Bonchev–Trinajstić information content (AvgIpc) is 2.63. The summed E-state index contributed by atoms with van der Waals surface area (Å²) in [7, 11) is 0. The molecule has 2 rings (SSSR count). The summed E-state index contributed by atoms with van der Waals surface area (Å²) in [5.74, 6) is -0.0801. The lowest BCUT2D eigenvalue weighted by molar-refractivity contribution is -0.137. The number of hydrogen-bond donors (Lipinski definition) is 2. The highest BCUT2D eigenvalue weighted by molar-refractivity contribution is 5.91. The maximum atomic E-state index is 12.6.